The molecule has 3 aromatic rings. The fourth-order valence-corrected chi connectivity index (χ4v) is 4.95. The Bertz CT molecular complexity index is 1180. The molecule has 33 heavy (non-hydrogen) atoms. The summed E-state index contributed by atoms with van der Waals surface area (Å²) in [6, 6.07) is 10.5. The third-order valence-corrected chi connectivity index (χ3v) is 7.07. The molecule has 0 radical (unpaired) electrons. The van der Waals surface area contributed by atoms with Gasteiger partial charge in [0, 0.05) is 24.0 Å². The summed E-state index contributed by atoms with van der Waals surface area (Å²) in [4.78, 5) is 0. The lowest BCUT2D eigenvalue weighted by Gasteiger charge is -2.25. The van der Waals surface area contributed by atoms with Crippen LogP contribution in [0.15, 0.2) is 36.4 Å². The molecule has 0 bridgehead atoms. The molecule has 0 unspecified atom stereocenters. The molecule has 4 rings (SSSR count). The minimum Gasteiger partial charge on any atom is -0.508 e. The Balaban J connectivity index is 1.77. The van der Waals surface area contributed by atoms with Crippen molar-refractivity contribution in [1.82, 2.24) is 0 Å². The topological polar surface area (TPSA) is 101 Å². The van der Waals surface area contributed by atoms with Crippen molar-refractivity contribution in [3.63, 3.8) is 0 Å². The lowest BCUT2D eigenvalue weighted by Crippen LogP contribution is -2.07. The van der Waals surface area contributed by atoms with Gasteiger partial charge in [-0.1, -0.05) is 43.5 Å². The van der Waals surface area contributed by atoms with Crippen molar-refractivity contribution in [1.29, 1.82) is 0 Å². The molecule has 0 spiro atoms. The van der Waals surface area contributed by atoms with Crippen LogP contribution in [0.2, 0.25) is 0 Å². The van der Waals surface area contributed by atoms with Crippen LogP contribution < -0.4 is 0 Å². The van der Waals surface area contributed by atoms with Crippen LogP contribution in [0.4, 0.5) is 0 Å². The van der Waals surface area contributed by atoms with E-state index in [-0.39, 0.29) is 34.7 Å². The zero-order chi connectivity index (χ0) is 23.7. The maximum absolute atomic E-state index is 11.2. The molecular weight excluding hydrogens is 416 g/mol. The Morgan fingerprint density at radius 1 is 0.636 bits per heavy atom. The lowest BCUT2D eigenvalue weighted by molar-refractivity contribution is 0.411. The van der Waals surface area contributed by atoms with E-state index in [1.54, 1.807) is 38.1 Å². The van der Waals surface area contributed by atoms with Crippen molar-refractivity contribution < 1.29 is 25.5 Å². The largest absolute Gasteiger partial charge is 0.508 e. The van der Waals surface area contributed by atoms with Crippen LogP contribution >= 0.6 is 0 Å². The third kappa shape index (κ3) is 4.58. The van der Waals surface area contributed by atoms with Gasteiger partial charge in [-0.15, -0.1) is 0 Å². The van der Waals surface area contributed by atoms with Gasteiger partial charge < -0.3 is 25.5 Å². The Hall–Kier alpha value is -3.34. The second kappa shape index (κ2) is 9.26. The van der Waals surface area contributed by atoms with Crippen molar-refractivity contribution in [3.05, 3.63) is 75.3 Å². The van der Waals surface area contributed by atoms with Gasteiger partial charge in [0.05, 0.1) is 0 Å². The molecule has 1 saturated carbocycles. The highest BCUT2D eigenvalue weighted by Crippen LogP contribution is 2.42. The van der Waals surface area contributed by atoms with E-state index < -0.39 is 0 Å². The van der Waals surface area contributed by atoms with Crippen LogP contribution in [0.3, 0.4) is 0 Å². The van der Waals surface area contributed by atoms with Gasteiger partial charge >= 0.3 is 0 Å². The van der Waals surface area contributed by atoms with Crippen LogP contribution in [0, 0.1) is 13.8 Å². The Labute approximate surface area is 194 Å². The van der Waals surface area contributed by atoms with Gasteiger partial charge in [0.2, 0.25) is 0 Å². The normalized spacial score (nSPS) is 14.5. The molecule has 0 amide bonds. The minimum absolute atomic E-state index is 0.0332. The number of rotatable bonds is 5. The van der Waals surface area contributed by atoms with Gasteiger partial charge in [0.15, 0.2) is 0 Å². The Kier molecular flexibility index (Phi) is 6.41. The van der Waals surface area contributed by atoms with Gasteiger partial charge in [-0.2, -0.15) is 0 Å². The summed E-state index contributed by atoms with van der Waals surface area (Å²) in [6.07, 6.45) is 6.34. The summed E-state index contributed by atoms with van der Waals surface area (Å²) in [5.74, 6) is 0.755. The molecule has 5 nitrogen and oxygen atoms in total. The summed E-state index contributed by atoms with van der Waals surface area (Å²) in [5, 5.41) is 52.1. The number of hydrogen-bond donors (Lipinski definition) is 5. The van der Waals surface area contributed by atoms with E-state index in [0.29, 0.717) is 40.7 Å². The van der Waals surface area contributed by atoms with Crippen LogP contribution in [0.25, 0.3) is 0 Å². The summed E-state index contributed by atoms with van der Waals surface area (Å²) in [7, 11) is 0. The monoisotopic (exact) mass is 448 g/mol. The summed E-state index contributed by atoms with van der Waals surface area (Å²) < 4.78 is 0. The molecule has 1 aliphatic carbocycles. The molecular formula is C28H32O5. The average molecular weight is 449 g/mol. The van der Waals surface area contributed by atoms with Crippen molar-refractivity contribution in [3.8, 4) is 28.7 Å². The van der Waals surface area contributed by atoms with E-state index >= 15 is 0 Å². The number of hydrogen-bond acceptors (Lipinski definition) is 5. The van der Waals surface area contributed by atoms with Crippen LogP contribution in [-0.4, -0.2) is 25.5 Å². The molecule has 0 heterocycles. The maximum atomic E-state index is 11.2. The first-order valence-electron chi connectivity index (χ1n) is 11.6. The molecule has 3 aromatic carbocycles. The predicted octanol–water partition coefficient (Wildman–Crippen LogP) is 6.06. The molecule has 0 aliphatic heterocycles. The van der Waals surface area contributed by atoms with Crippen molar-refractivity contribution in [2.75, 3.05) is 0 Å². The van der Waals surface area contributed by atoms with Crippen molar-refractivity contribution >= 4 is 0 Å². The predicted molar refractivity (Wildman–Crippen MR) is 129 cm³/mol. The second-order valence-electron chi connectivity index (χ2n) is 9.32. The van der Waals surface area contributed by atoms with Gasteiger partial charge in [-0.25, -0.2) is 0 Å². The maximum Gasteiger partial charge on any atom is 0.125 e. The molecule has 174 valence electrons. The average Bonchev–Trinajstić information content (AvgIpc) is 2.82. The van der Waals surface area contributed by atoms with E-state index in [2.05, 4.69) is 0 Å². The molecule has 0 saturated heterocycles. The van der Waals surface area contributed by atoms with Crippen LogP contribution in [-0.2, 0) is 12.8 Å². The third-order valence-electron chi connectivity index (χ3n) is 7.07. The number of aromatic hydroxyl groups is 5. The summed E-state index contributed by atoms with van der Waals surface area (Å²) in [6.45, 7) is 3.34. The summed E-state index contributed by atoms with van der Waals surface area (Å²) in [5.41, 5.74) is 4.80. The first-order valence-corrected chi connectivity index (χ1v) is 11.6. The molecule has 0 atom stereocenters. The van der Waals surface area contributed by atoms with Gasteiger partial charge in [-0.3, -0.25) is 0 Å². The zero-order valence-corrected chi connectivity index (χ0v) is 19.2. The van der Waals surface area contributed by atoms with Gasteiger partial charge in [0.1, 0.15) is 28.7 Å². The number of benzene rings is 3. The first-order chi connectivity index (χ1) is 15.8. The van der Waals surface area contributed by atoms with Crippen molar-refractivity contribution in [2.45, 2.75) is 64.7 Å². The highest BCUT2D eigenvalue weighted by molar-refractivity contribution is 5.54. The molecule has 1 fully saturated rings. The quantitative estimate of drug-likeness (QED) is 0.327. The van der Waals surface area contributed by atoms with Crippen LogP contribution in [0.5, 0.6) is 28.7 Å². The molecule has 5 heteroatoms. The molecule has 5 N–H and O–H groups in total. The zero-order valence-electron chi connectivity index (χ0n) is 19.2. The molecule has 0 aromatic heterocycles. The lowest BCUT2D eigenvalue weighted by atomic mass is 9.81. The highest BCUT2D eigenvalue weighted by Gasteiger charge is 2.23. The highest BCUT2D eigenvalue weighted by atomic mass is 16.3. The van der Waals surface area contributed by atoms with E-state index in [1.807, 2.05) is 12.1 Å². The van der Waals surface area contributed by atoms with Crippen molar-refractivity contribution in [2.24, 2.45) is 0 Å². The fraction of sp³-hybridized carbons (Fsp3) is 0.357. The Morgan fingerprint density at radius 3 is 1.76 bits per heavy atom. The fourth-order valence-electron chi connectivity index (χ4n) is 4.95. The van der Waals surface area contributed by atoms with Crippen LogP contribution in [0.1, 0.15) is 77.0 Å². The van der Waals surface area contributed by atoms with Gasteiger partial charge in [0.25, 0.3) is 0 Å². The summed E-state index contributed by atoms with van der Waals surface area (Å²) >= 11 is 0. The van der Waals surface area contributed by atoms with E-state index in [9.17, 15) is 25.5 Å². The first kappa shape index (κ1) is 22.8. The van der Waals surface area contributed by atoms with E-state index in [4.69, 9.17) is 0 Å². The SMILES string of the molecule is Cc1c(O)ccc(Cc2cc(Cc3ccc(O)c(C)c3O)c(O)c(C3CCCCC3)c2)c1O. The smallest absolute Gasteiger partial charge is 0.125 e. The van der Waals surface area contributed by atoms with E-state index in [1.165, 1.54) is 6.42 Å². The Morgan fingerprint density at radius 2 is 1.18 bits per heavy atom. The van der Waals surface area contributed by atoms with E-state index in [0.717, 1.165) is 36.8 Å². The minimum atomic E-state index is 0.0332. The molecule has 1 aliphatic rings. The standard InChI is InChI=1S/C28H32O5/c1-16-24(29)10-8-20(26(16)31)12-18-13-22(15-21-9-11-25(30)17(2)27(21)32)28(33)23(14-18)19-6-4-3-5-7-19/h8-11,13-14,19,29-33H,3-7,12,15H2,1-2H3. The second-order valence-corrected chi connectivity index (χ2v) is 9.32. The van der Waals surface area contributed by atoms with Gasteiger partial charge in [-0.05, 0) is 72.6 Å². The number of phenolic OH excluding ortho intramolecular Hbond substituents is 5. The number of phenols is 5.